The summed E-state index contributed by atoms with van der Waals surface area (Å²) in [5.74, 6) is -13.9. The van der Waals surface area contributed by atoms with Crippen LogP contribution in [0.3, 0.4) is 0 Å². The molecular weight excluding hydrogens is 277 g/mol. The molecule has 0 heterocycles. The summed E-state index contributed by atoms with van der Waals surface area (Å²) in [5, 5.41) is 18.9. The number of aliphatic hydroxyl groups excluding tert-OH is 1. The topological polar surface area (TPSA) is 69.6 Å². The lowest BCUT2D eigenvalue weighted by molar-refractivity contribution is 0.0682. The Morgan fingerprint density at radius 1 is 1.00 bits per heavy atom. The average molecular weight is 287 g/mol. The maximum Gasteiger partial charge on any atom is 0.341 e. The molecule has 0 aliphatic heterocycles. The summed E-state index contributed by atoms with van der Waals surface area (Å²) in [6.45, 7) is 0.927. The normalized spacial score (nSPS) is 9.84. The maximum atomic E-state index is 12.6. The van der Waals surface area contributed by atoms with E-state index in [-0.39, 0.29) is 6.61 Å². The van der Waals surface area contributed by atoms with Crippen molar-refractivity contribution in [3.05, 3.63) is 34.6 Å². The Kier molecular flexibility index (Phi) is 6.94. The molecule has 108 valence electrons. The minimum atomic E-state index is -2.38. The van der Waals surface area contributed by atoms with Crippen LogP contribution >= 0.6 is 0 Å². The molecule has 4 nitrogen and oxygen atoms in total. The van der Waals surface area contributed by atoms with Gasteiger partial charge in [-0.25, -0.2) is 26.7 Å². The third-order valence-electron chi connectivity index (χ3n) is 1.79. The van der Waals surface area contributed by atoms with Crippen molar-refractivity contribution in [1.29, 1.82) is 0 Å². The van der Waals surface area contributed by atoms with Crippen molar-refractivity contribution in [3.8, 4) is 0 Å². The summed E-state index contributed by atoms with van der Waals surface area (Å²) in [6, 6.07) is 0. The molecule has 0 fully saturated rings. The minimum absolute atomic E-state index is 0.233. The fourth-order valence-corrected chi connectivity index (χ4v) is 0.904. The van der Waals surface area contributed by atoms with E-state index in [0.717, 1.165) is 0 Å². The first-order valence-electron chi connectivity index (χ1n) is 4.79. The second-order valence-electron chi connectivity index (χ2n) is 3.08. The molecule has 0 amide bonds. The van der Waals surface area contributed by atoms with Crippen molar-refractivity contribution in [2.45, 2.75) is 0 Å². The van der Waals surface area contributed by atoms with Crippen molar-refractivity contribution in [3.63, 3.8) is 0 Å². The predicted molar refractivity (Wildman–Crippen MR) is 54.2 cm³/mol. The molecule has 0 saturated carbocycles. The number of halogens is 5. The van der Waals surface area contributed by atoms with Crippen molar-refractivity contribution < 1.29 is 37.0 Å². The zero-order chi connectivity index (χ0) is 15.2. The Morgan fingerprint density at radius 2 is 1.37 bits per heavy atom. The molecule has 0 bridgehead atoms. The van der Waals surface area contributed by atoms with Gasteiger partial charge in [0.15, 0.2) is 23.3 Å². The highest BCUT2D eigenvalue weighted by Gasteiger charge is 2.29. The Bertz CT molecular complexity index is 436. The second kappa shape index (κ2) is 7.64. The smallest absolute Gasteiger partial charge is 0.341 e. The highest BCUT2D eigenvalue weighted by Crippen LogP contribution is 2.22. The van der Waals surface area contributed by atoms with Crippen LogP contribution in [0.25, 0.3) is 0 Å². The minimum Gasteiger partial charge on any atom is -0.477 e. The molecule has 0 unspecified atom stereocenters. The van der Waals surface area contributed by atoms with E-state index in [4.69, 9.17) is 10.2 Å². The lowest BCUT2D eigenvalue weighted by atomic mass is 10.1. The highest BCUT2D eigenvalue weighted by atomic mass is 19.2. The van der Waals surface area contributed by atoms with Gasteiger partial charge >= 0.3 is 5.97 Å². The summed E-state index contributed by atoms with van der Waals surface area (Å²) in [5.41, 5.74) is -1.86. The van der Waals surface area contributed by atoms with Gasteiger partial charge in [0.1, 0.15) is 5.56 Å². The molecule has 0 spiro atoms. The van der Waals surface area contributed by atoms with Crippen LogP contribution in [0.1, 0.15) is 10.4 Å². The number of benzene rings is 1. The molecule has 0 saturated heterocycles. The first kappa shape index (κ1) is 17.3. The molecular formula is C10H10F5NO3. The average Bonchev–Trinajstić information content (AvgIpc) is 2.35. The van der Waals surface area contributed by atoms with Crippen LogP contribution in [0.4, 0.5) is 22.0 Å². The molecule has 0 aliphatic carbocycles. The summed E-state index contributed by atoms with van der Waals surface area (Å²) in [4.78, 5) is 10.1. The van der Waals surface area contributed by atoms with Crippen LogP contribution in [0.15, 0.2) is 0 Å². The van der Waals surface area contributed by atoms with Crippen LogP contribution in [-0.2, 0) is 0 Å². The van der Waals surface area contributed by atoms with Gasteiger partial charge in [-0.3, -0.25) is 0 Å². The summed E-state index contributed by atoms with van der Waals surface area (Å²) < 4.78 is 62.1. The van der Waals surface area contributed by atoms with Crippen molar-refractivity contribution in [2.24, 2.45) is 0 Å². The Morgan fingerprint density at radius 3 is 1.58 bits per heavy atom. The van der Waals surface area contributed by atoms with Gasteiger partial charge in [-0.05, 0) is 7.05 Å². The van der Waals surface area contributed by atoms with E-state index in [1.165, 1.54) is 0 Å². The zero-order valence-electron chi connectivity index (χ0n) is 9.61. The third-order valence-corrected chi connectivity index (χ3v) is 1.79. The molecule has 3 N–H and O–H groups in total. The zero-order valence-corrected chi connectivity index (χ0v) is 9.61. The van der Waals surface area contributed by atoms with Crippen molar-refractivity contribution in [1.82, 2.24) is 5.32 Å². The molecule has 19 heavy (non-hydrogen) atoms. The number of nitrogens with one attached hydrogen (secondary N) is 1. The van der Waals surface area contributed by atoms with E-state index in [9.17, 15) is 26.7 Å². The standard InChI is InChI=1S/C7HF5O2.C3H9NO/c8-2-1(7(13)14)3(9)5(11)6(12)4(2)10;1-4-2-3-5/h(H,13,14);4-5H,2-3H2,1H3. The molecule has 0 radical (unpaired) electrons. The van der Waals surface area contributed by atoms with Crippen LogP contribution in [0.2, 0.25) is 0 Å². The lowest BCUT2D eigenvalue weighted by Gasteiger charge is -2.03. The number of carbonyl (C=O) groups is 1. The predicted octanol–water partition coefficient (Wildman–Crippen LogP) is 1.28. The van der Waals surface area contributed by atoms with E-state index in [0.29, 0.717) is 6.54 Å². The second-order valence-corrected chi connectivity index (χ2v) is 3.08. The van der Waals surface area contributed by atoms with Crippen LogP contribution in [-0.4, -0.2) is 36.4 Å². The molecule has 0 aliphatic rings. The third kappa shape index (κ3) is 4.14. The van der Waals surface area contributed by atoms with Gasteiger partial charge in [-0.2, -0.15) is 0 Å². The van der Waals surface area contributed by atoms with Gasteiger partial charge in [-0.1, -0.05) is 0 Å². The Labute approximate surface area is 104 Å². The monoisotopic (exact) mass is 287 g/mol. The van der Waals surface area contributed by atoms with Gasteiger partial charge < -0.3 is 15.5 Å². The summed E-state index contributed by atoms with van der Waals surface area (Å²) in [7, 11) is 1.80. The van der Waals surface area contributed by atoms with E-state index in [1.54, 1.807) is 7.05 Å². The van der Waals surface area contributed by atoms with E-state index in [1.807, 2.05) is 0 Å². The van der Waals surface area contributed by atoms with Crippen LogP contribution < -0.4 is 5.32 Å². The number of carboxylic acids is 1. The molecule has 0 atom stereocenters. The first-order valence-corrected chi connectivity index (χ1v) is 4.79. The fourth-order valence-electron chi connectivity index (χ4n) is 0.904. The van der Waals surface area contributed by atoms with Crippen molar-refractivity contribution >= 4 is 5.97 Å². The Balaban J connectivity index is 0.000000555. The van der Waals surface area contributed by atoms with Gasteiger partial charge in [0.05, 0.1) is 6.61 Å². The number of aromatic carboxylic acids is 1. The number of aliphatic hydroxyl groups is 1. The van der Waals surface area contributed by atoms with E-state index in [2.05, 4.69) is 5.32 Å². The quantitative estimate of drug-likeness (QED) is 0.445. The number of likely N-dealkylation sites (N-methyl/N-ethyl adjacent to an activating group) is 1. The molecule has 0 aromatic heterocycles. The van der Waals surface area contributed by atoms with Crippen LogP contribution in [0.5, 0.6) is 0 Å². The molecule has 1 rings (SSSR count). The SMILES string of the molecule is CNCCO.O=C(O)c1c(F)c(F)c(F)c(F)c1F. The van der Waals surface area contributed by atoms with Gasteiger partial charge in [0.25, 0.3) is 0 Å². The van der Waals surface area contributed by atoms with Gasteiger partial charge in [0.2, 0.25) is 5.82 Å². The maximum absolute atomic E-state index is 12.6. The number of hydrogen-bond acceptors (Lipinski definition) is 3. The largest absolute Gasteiger partial charge is 0.477 e. The van der Waals surface area contributed by atoms with Crippen molar-refractivity contribution in [2.75, 3.05) is 20.2 Å². The van der Waals surface area contributed by atoms with Gasteiger partial charge in [-0.15, -0.1) is 0 Å². The number of rotatable bonds is 3. The summed E-state index contributed by atoms with van der Waals surface area (Å²) in [6.07, 6.45) is 0. The van der Waals surface area contributed by atoms with E-state index >= 15 is 0 Å². The van der Waals surface area contributed by atoms with Crippen LogP contribution in [0, 0.1) is 29.1 Å². The van der Waals surface area contributed by atoms with Gasteiger partial charge in [0, 0.05) is 6.54 Å². The molecule has 1 aromatic carbocycles. The first-order chi connectivity index (χ1) is 8.79. The molecule has 9 heteroatoms. The molecule has 1 aromatic rings. The fraction of sp³-hybridized carbons (Fsp3) is 0.300. The summed E-state index contributed by atoms with van der Waals surface area (Å²) >= 11 is 0. The Hall–Kier alpha value is -1.74. The highest BCUT2D eigenvalue weighted by molar-refractivity contribution is 5.88. The number of hydrogen-bond donors (Lipinski definition) is 3. The number of carboxylic acid groups (broad SMARTS) is 1. The van der Waals surface area contributed by atoms with E-state index < -0.39 is 40.6 Å². The lowest BCUT2D eigenvalue weighted by Crippen LogP contribution is -2.11.